The maximum atomic E-state index is 12.3. The Morgan fingerprint density at radius 3 is 2.22 bits per heavy atom. The summed E-state index contributed by atoms with van der Waals surface area (Å²) in [5.74, 6) is -0.816. The third-order valence-corrected chi connectivity index (χ3v) is 3.20. The van der Waals surface area contributed by atoms with Crippen molar-refractivity contribution in [3.63, 3.8) is 0 Å². The predicted molar refractivity (Wildman–Crippen MR) is 64.9 cm³/mol. The first-order valence-electron chi connectivity index (χ1n) is 5.35. The third-order valence-electron chi connectivity index (χ3n) is 2.75. The van der Waals surface area contributed by atoms with Gasteiger partial charge in [0.15, 0.2) is 0 Å². The summed E-state index contributed by atoms with van der Waals surface area (Å²) in [4.78, 5) is 12.4. The molecule has 1 atom stereocenters. The number of hydrogen-bond donors (Lipinski definition) is 2. The second kappa shape index (κ2) is 6.33. The second-order valence-corrected chi connectivity index (χ2v) is 4.56. The maximum absolute atomic E-state index is 12.3. The highest BCUT2D eigenvalue weighted by Gasteiger charge is 2.41. The summed E-state index contributed by atoms with van der Waals surface area (Å²) in [7, 11) is 0. The number of aliphatic hydroxyl groups is 1. The van der Waals surface area contributed by atoms with Crippen LogP contribution in [-0.4, -0.2) is 46.8 Å². The van der Waals surface area contributed by atoms with Crippen LogP contribution < -0.4 is 5.73 Å². The molecule has 0 saturated carbocycles. The molecule has 1 amide bonds. The second-order valence-electron chi connectivity index (χ2n) is 4.12. The third kappa shape index (κ3) is 4.41. The zero-order valence-corrected chi connectivity index (χ0v) is 11.1. The van der Waals surface area contributed by atoms with E-state index in [1.165, 1.54) is 6.92 Å². The summed E-state index contributed by atoms with van der Waals surface area (Å²) < 4.78 is 37.0. The van der Waals surface area contributed by atoms with Gasteiger partial charge in [0.25, 0.3) is 0 Å². The van der Waals surface area contributed by atoms with E-state index >= 15 is 0 Å². The van der Waals surface area contributed by atoms with E-state index in [4.69, 9.17) is 23.1 Å². The highest BCUT2D eigenvalue weighted by molar-refractivity contribution is 7.80. The molecule has 0 radical (unpaired) electrons. The van der Waals surface area contributed by atoms with E-state index < -0.39 is 37.2 Å². The number of nitrogens with two attached hydrogens (primary N) is 1. The first-order chi connectivity index (χ1) is 8.08. The van der Waals surface area contributed by atoms with E-state index in [2.05, 4.69) is 0 Å². The van der Waals surface area contributed by atoms with Crippen molar-refractivity contribution in [3.05, 3.63) is 0 Å². The van der Waals surface area contributed by atoms with Crippen molar-refractivity contribution >= 4 is 23.1 Å². The normalized spacial score (nSPS) is 15.0. The molecule has 1 unspecified atom stereocenters. The fraction of sp³-hybridized carbons (Fsp3) is 0.800. The Morgan fingerprint density at radius 2 is 1.94 bits per heavy atom. The number of rotatable bonds is 6. The van der Waals surface area contributed by atoms with Crippen molar-refractivity contribution in [1.82, 2.24) is 4.90 Å². The Balaban J connectivity index is 5.12. The molecule has 0 saturated heterocycles. The minimum atomic E-state index is -4.53. The number of amides is 1. The number of hydrogen-bond acceptors (Lipinski definition) is 3. The van der Waals surface area contributed by atoms with Crippen LogP contribution in [0.15, 0.2) is 0 Å². The molecule has 0 fully saturated rings. The largest absolute Gasteiger partial charge is 0.406 e. The molecule has 4 nitrogen and oxygen atoms in total. The molecule has 0 aliphatic carbocycles. The van der Waals surface area contributed by atoms with E-state index in [0.717, 1.165) is 0 Å². The van der Waals surface area contributed by atoms with Gasteiger partial charge in [0.1, 0.15) is 6.54 Å². The predicted octanol–water partition coefficient (Wildman–Crippen LogP) is 1.07. The zero-order chi connectivity index (χ0) is 14.6. The monoisotopic (exact) mass is 286 g/mol. The molecule has 0 heterocycles. The number of nitrogens with zero attached hydrogens (tertiary/aromatic N) is 1. The summed E-state index contributed by atoms with van der Waals surface area (Å²) in [5.41, 5.74) is 4.10. The molecule has 18 heavy (non-hydrogen) atoms. The summed E-state index contributed by atoms with van der Waals surface area (Å²) >= 11 is 4.74. The molecule has 0 aliphatic rings. The molecule has 8 heteroatoms. The molecule has 106 valence electrons. The molecule has 0 aromatic rings. The van der Waals surface area contributed by atoms with Gasteiger partial charge in [0.05, 0.1) is 17.0 Å². The van der Waals surface area contributed by atoms with Gasteiger partial charge in [-0.15, -0.1) is 0 Å². The van der Waals surface area contributed by atoms with Gasteiger partial charge in [-0.1, -0.05) is 19.1 Å². The summed E-state index contributed by atoms with van der Waals surface area (Å²) in [6, 6.07) is 0. The number of thiocarbonyl (C=S) groups is 1. The van der Waals surface area contributed by atoms with Crippen LogP contribution in [0.3, 0.4) is 0 Å². The van der Waals surface area contributed by atoms with Crippen molar-refractivity contribution in [1.29, 1.82) is 0 Å². The number of carbonyl (C=O) groups excluding carboxylic acids is 1. The lowest BCUT2D eigenvalue weighted by Crippen LogP contribution is -2.51. The Labute approximate surface area is 109 Å². The van der Waals surface area contributed by atoms with Crippen LogP contribution in [0.5, 0.6) is 0 Å². The van der Waals surface area contributed by atoms with E-state index in [9.17, 15) is 18.0 Å². The van der Waals surface area contributed by atoms with Crippen molar-refractivity contribution in [2.24, 2.45) is 11.1 Å². The topological polar surface area (TPSA) is 66.6 Å². The van der Waals surface area contributed by atoms with Crippen LogP contribution in [0, 0.1) is 5.41 Å². The molecule has 0 aromatic carbocycles. The molecule has 0 bridgehead atoms. The Morgan fingerprint density at radius 1 is 1.44 bits per heavy atom. The van der Waals surface area contributed by atoms with Gasteiger partial charge in [-0.05, 0) is 13.3 Å². The summed E-state index contributed by atoms with van der Waals surface area (Å²) in [5, 5.41) is 8.73. The Kier molecular flexibility index (Phi) is 6.01. The number of carbonyl (C=O) groups is 1. The van der Waals surface area contributed by atoms with Crippen LogP contribution in [0.1, 0.15) is 20.3 Å². The summed E-state index contributed by atoms with van der Waals surface area (Å²) in [6.07, 6.45) is -4.34. The van der Waals surface area contributed by atoms with Crippen LogP contribution >= 0.6 is 12.2 Å². The van der Waals surface area contributed by atoms with Gasteiger partial charge in [-0.3, -0.25) is 4.79 Å². The number of aliphatic hydroxyl groups excluding tert-OH is 1. The molecule has 0 spiro atoms. The SMILES string of the molecule is CCC(C)(C(=O)N(CCO)CC(F)(F)F)C(N)=S. The van der Waals surface area contributed by atoms with Crippen molar-refractivity contribution in [2.75, 3.05) is 19.7 Å². The minimum Gasteiger partial charge on any atom is -0.395 e. The fourth-order valence-electron chi connectivity index (χ4n) is 1.37. The van der Waals surface area contributed by atoms with Crippen LogP contribution in [0.4, 0.5) is 13.2 Å². The van der Waals surface area contributed by atoms with Gasteiger partial charge >= 0.3 is 6.18 Å². The molecule has 0 aliphatic heterocycles. The van der Waals surface area contributed by atoms with Gasteiger partial charge < -0.3 is 15.7 Å². The van der Waals surface area contributed by atoms with Crippen molar-refractivity contribution < 1.29 is 23.1 Å². The first-order valence-corrected chi connectivity index (χ1v) is 5.76. The van der Waals surface area contributed by atoms with Gasteiger partial charge in [0.2, 0.25) is 5.91 Å². The quantitative estimate of drug-likeness (QED) is 0.717. The average molecular weight is 286 g/mol. The molecule has 3 N–H and O–H groups in total. The molecule has 0 aromatic heterocycles. The van der Waals surface area contributed by atoms with Crippen LogP contribution in [0.2, 0.25) is 0 Å². The lowest BCUT2D eigenvalue weighted by Gasteiger charge is -2.33. The van der Waals surface area contributed by atoms with E-state index in [0.29, 0.717) is 4.90 Å². The summed E-state index contributed by atoms with van der Waals surface area (Å²) in [6.45, 7) is 0.625. The van der Waals surface area contributed by atoms with Crippen LogP contribution in [-0.2, 0) is 4.79 Å². The average Bonchev–Trinajstić information content (AvgIpc) is 2.24. The first kappa shape index (κ1) is 17.1. The smallest absolute Gasteiger partial charge is 0.395 e. The Hall–Kier alpha value is -0.890. The van der Waals surface area contributed by atoms with Gasteiger partial charge in [0, 0.05) is 6.54 Å². The fourth-order valence-corrected chi connectivity index (χ4v) is 1.60. The minimum absolute atomic E-state index is 0.153. The highest BCUT2D eigenvalue weighted by Crippen LogP contribution is 2.27. The molecule has 0 rings (SSSR count). The number of alkyl halides is 3. The van der Waals surface area contributed by atoms with Crippen molar-refractivity contribution in [3.8, 4) is 0 Å². The van der Waals surface area contributed by atoms with Crippen molar-refractivity contribution in [2.45, 2.75) is 26.4 Å². The molecular weight excluding hydrogens is 269 g/mol. The van der Waals surface area contributed by atoms with E-state index in [-0.39, 0.29) is 11.4 Å². The lowest BCUT2D eigenvalue weighted by molar-refractivity contribution is -0.166. The number of halogens is 3. The van der Waals surface area contributed by atoms with E-state index in [1.807, 2.05) is 0 Å². The zero-order valence-electron chi connectivity index (χ0n) is 10.3. The van der Waals surface area contributed by atoms with Gasteiger partial charge in [-0.2, -0.15) is 13.2 Å². The lowest BCUT2D eigenvalue weighted by atomic mass is 9.85. The standard InChI is InChI=1S/C10H17F3N2O2S/c1-3-9(2,7(14)18)8(17)15(4-5-16)6-10(11,12)13/h16H,3-6H2,1-2H3,(H2,14,18). The van der Waals surface area contributed by atoms with Crippen LogP contribution in [0.25, 0.3) is 0 Å². The highest BCUT2D eigenvalue weighted by atomic mass is 32.1. The molecular formula is C10H17F3N2O2S. The Bertz CT molecular complexity index is 323. The maximum Gasteiger partial charge on any atom is 0.406 e. The van der Waals surface area contributed by atoms with Gasteiger partial charge in [-0.25, -0.2) is 0 Å². The van der Waals surface area contributed by atoms with E-state index in [1.54, 1.807) is 6.92 Å².